The highest BCUT2D eigenvalue weighted by Crippen LogP contribution is 2.30. The highest BCUT2D eigenvalue weighted by atomic mass is 28.5. The summed E-state index contributed by atoms with van der Waals surface area (Å²) in [5.74, 6) is 0. The maximum absolute atomic E-state index is 6.76. The average molecular weight is 367 g/mol. The molecule has 128 valence electrons. The van der Waals surface area contributed by atoms with Crippen molar-refractivity contribution in [1.82, 2.24) is 0 Å². The highest BCUT2D eigenvalue weighted by molar-refractivity contribution is 6.89. The van der Waals surface area contributed by atoms with Gasteiger partial charge in [-0.25, -0.2) is 0 Å². The molecule has 0 fully saturated rings. The third-order valence-corrected chi connectivity index (χ3v) is 17.5. The molecule has 0 N–H and O–H groups in total. The van der Waals surface area contributed by atoms with Crippen LogP contribution >= 0.6 is 0 Å². The van der Waals surface area contributed by atoms with E-state index in [4.69, 9.17) is 12.3 Å². The third kappa shape index (κ3) is 10.2. The summed E-state index contributed by atoms with van der Waals surface area (Å²) in [7, 11) is -7.47. The molecule has 0 aromatic heterocycles. The second kappa shape index (κ2) is 8.03. The number of hydrogen-bond acceptors (Lipinski definition) is 3. The van der Waals surface area contributed by atoms with Crippen LogP contribution in [0.4, 0.5) is 0 Å². The molecule has 0 aliphatic rings. The minimum atomic E-state index is -2.14. The van der Waals surface area contributed by atoms with Crippen LogP contribution in [0.5, 0.6) is 0 Å². The lowest BCUT2D eigenvalue weighted by Gasteiger charge is -2.42. The number of rotatable bonds is 10. The Bertz CT molecular complexity index is 284. The highest BCUT2D eigenvalue weighted by Gasteiger charge is 2.45. The first-order chi connectivity index (χ1) is 9.24. The summed E-state index contributed by atoms with van der Waals surface area (Å²) in [5, 5.41) is 0. The fraction of sp³-hybridized carbons (Fsp3) is 1.00. The molecule has 0 heterocycles. The first kappa shape index (κ1) is 21.7. The molecule has 0 saturated carbocycles. The van der Waals surface area contributed by atoms with Gasteiger partial charge >= 0.3 is 17.1 Å². The van der Waals surface area contributed by atoms with Crippen LogP contribution in [0.1, 0.15) is 26.7 Å². The van der Waals surface area contributed by atoms with Gasteiger partial charge in [-0.05, 0) is 64.5 Å². The van der Waals surface area contributed by atoms with Gasteiger partial charge in [0.1, 0.15) is 0 Å². The number of hydrogen-bond donors (Lipinski definition) is 0. The lowest BCUT2D eigenvalue weighted by molar-refractivity contribution is 0.316. The van der Waals surface area contributed by atoms with E-state index >= 15 is 0 Å². The van der Waals surface area contributed by atoms with Crippen LogP contribution in [0, 0.1) is 0 Å². The van der Waals surface area contributed by atoms with Crippen molar-refractivity contribution < 1.29 is 12.3 Å². The molecule has 0 saturated heterocycles. The van der Waals surface area contributed by atoms with Crippen molar-refractivity contribution in [1.29, 1.82) is 0 Å². The summed E-state index contributed by atoms with van der Waals surface area (Å²) in [6.45, 7) is 22.5. The molecule has 0 bridgehead atoms. The van der Waals surface area contributed by atoms with Crippen LogP contribution in [0.3, 0.4) is 0 Å². The van der Waals surface area contributed by atoms with Gasteiger partial charge in [-0.3, -0.25) is 0 Å². The molecule has 0 radical (unpaired) electrons. The fourth-order valence-corrected chi connectivity index (χ4v) is 21.5. The molecule has 21 heavy (non-hydrogen) atoms. The summed E-state index contributed by atoms with van der Waals surface area (Å²) in [4.78, 5) is 0. The van der Waals surface area contributed by atoms with Gasteiger partial charge in [0.25, 0.3) is 0 Å². The predicted molar refractivity (Wildman–Crippen MR) is 103 cm³/mol. The molecule has 0 aromatic rings. The zero-order valence-corrected chi connectivity index (χ0v) is 20.1. The van der Waals surface area contributed by atoms with Crippen LogP contribution in [0.2, 0.25) is 64.5 Å². The van der Waals surface area contributed by atoms with Gasteiger partial charge in [0.15, 0.2) is 16.6 Å². The summed E-state index contributed by atoms with van der Waals surface area (Å²) < 4.78 is 19.9. The average Bonchev–Trinajstić information content (AvgIpc) is 2.08. The maximum Gasteiger partial charge on any atom is 0.315 e. The Hall–Kier alpha value is 0.748. The van der Waals surface area contributed by atoms with Crippen molar-refractivity contribution in [2.45, 2.75) is 91.2 Å². The molecule has 0 aliphatic carbocycles. The Labute approximate surface area is 137 Å². The normalized spacial score (nSPS) is 19.1. The van der Waals surface area contributed by atoms with Gasteiger partial charge in [-0.1, -0.05) is 26.7 Å². The molecule has 0 spiro atoms. The van der Waals surface area contributed by atoms with Gasteiger partial charge in [0.2, 0.25) is 0 Å². The van der Waals surface area contributed by atoms with Crippen LogP contribution in [-0.4, -0.2) is 33.8 Å². The molecule has 3 nitrogen and oxygen atoms in total. The van der Waals surface area contributed by atoms with Gasteiger partial charge < -0.3 is 12.3 Å². The van der Waals surface area contributed by atoms with Gasteiger partial charge in [-0.2, -0.15) is 0 Å². The Morgan fingerprint density at radius 2 is 0.810 bits per heavy atom. The topological polar surface area (TPSA) is 27.7 Å². The second-order valence-electron chi connectivity index (χ2n) is 8.30. The van der Waals surface area contributed by atoms with Crippen LogP contribution in [-0.2, 0) is 12.3 Å². The molecular weight excluding hydrogens is 328 g/mol. The Morgan fingerprint density at radius 1 is 0.524 bits per heavy atom. The SMILES string of the molecule is CCC[Si](C)(O[Si](C)(C)C)O[Si](C)(CCC)O[Si](C)(C)C. The molecule has 7 heteroatoms. The zero-order chi connectivity index (χ0) is 16.9. The fourth-order valence-electron chi connectivity index (χ4n) is 2.91. The minimum Gasteiger partial charge on any atom is -0.437 e. The van der Waals surface area contributed by atoms with Crippen molar-refractivity contribution in [3.63, 3.8) is 0 Å². The summed E-state index contributed by atoms with van der Waals surface area (Å²) >= 11 is 0. The lowest BCUT2D eigenvalue weighted by atomic mass is 10.6. The largest absolute Gasteiger partial charge is 0.437 e. The zero-order valence-electron chi connectivity index (χ0n) is 16.1. The van der Waals surface area contributed by atoms with E-state index in [1.165, 1.54) is 0 Å². The predicted octanol–water partition coefficient (Wildman–Crippen LogP) is 5.67. The van der Waals surface area contributed by atoms with Crippen molar-refractivity contribution in [2.75, 3.05) is 0 Å². The van der Waals surface area contributed by atoms with E-state index in [9.17, 15) is 0 Å². The van der Waals surface area contributed by atoms with E-state index < -0.39 is 33.8 Å². The van der Waals surface area contributed by atoms with Crippen LogP contribution in [0.15, 0.2) is 0 Å². The Balaban J connectivity index is 5.22. The third-order valence-electron chi connectivity index (χ3n) is 2.88. The first-order valence-corrected chi connectivity index (χ1v) is 20.2. The van der Waals surface area contributed by atoms with Gasteiger partial charge in [0, 0.05) is 0 Å². The van der Waals surface area contributed by atoms with Crippen molar-refractivity contribution in [2.24, 2.45) is 0 Å². The molecule has 2 unspecified atom stereocenters. The molecule has 0 rings (SSSR count). The van der Waals surface area contributed by atoms with Gasteiger partial charge in [0.05, 0.1) is 0 Å². The summed E-state index contributed by atoms with van der Waals surface area (Å²) in [5.41, 5.74) is 0. The Morgan fingerprint density at radius 3 is 1.00 bits per heavy atom. The summed E-state index contributed by atoms with van der Waals surface area (Å²) in [6.07, 6.45) is 2.24. The first-order valence-electron chi connectivity index (χ1n) is 8.35. The molecule has 0 amide bonds. The minimum absolute atomic E-state index is 1.07. The molecular formula is C14H38O3Si4. The molecule has 2 atom stereocenters. The van der Waals surface area contributed by atoms with E-state index in [0.29, 0.717) is 0 Å². The van der Waals surface area contributed by atoms with E-state index in [-0.39, 0.29) is 0 Å². The smallest absolute Gasteiger partial charge is 0.315 e. The van der Waals surface area contributed by atoms with Crippen molar-refractivity contribution >= 4 is 33.8 Å². The Kier molecular flexibility index (Phi) is 8.31. The quantitative estimate of drug-likeness (QED) is 0.466. The monoisotopic (exact) mass is 366 g/mol. The van der Waals surface area contributed by atoms with Crippen molar-refractivity contribution in [3.05, 3.63) is 0 Å². The van der Waals surface area contributed by atoms with Crippen LogP contribution < -0.4 is 0 Å². The van der Waals surface area contributed by atoms with E-state index in [0.717, 1.165) is 24.9 Å². The standard InChI is InChI=1S/C14H38O3Si4/c1-11-13-20(9,15-18(3,4)5)17-21(10,14-12-2)16-19(6,7)8/h11-14H2,1-10H3. The van der Waals surface area contributed by atoms with E-state index in [1.54, 1.807) is 0 Å². The molecule has 0 aromatic carbocycles. The van der Waals surface area contributed by atoms with E-state index in [2.05, 4.69) is 66.2 Å². The summed E-state index contributed by atoms with van der Waals surface area (Å²) in [6, 6.07) is 2.14. The second-order valence-corrected chi connectivity index (χ2v) is 24.7. The van der Waals surface area contributed by atoms with E-state index in [1.807, 2.05) is 0 Å². The lowest BCUT2D eigenvalue weighted by Crippen LogP contribution is -2.58. The van der Waals surface area contributed by atoms with Crippen LogP contribution in [0.25, 0.3) is 0 Å². The molecule has 0 aliphatic heterocycles. The van der Waals surface area contributed by atoms with Gasteiger partial charge in [-0.15, -0.1) is 0 Å². The maximum atomic E-state index is 6.76. The van der Waals surface area contributed by atoms with Crippen molar-refractivity contribution in [3.8, 4) is 0 Å².